The Kier molecular flexibility index (Phi) is 1.46. The van der Waals surface area contributed by atoms with E-state index in [1.165, 1.54) is 0 Å². The van der Waals surface area contributed by atoms with Crippen LogP contribution in [-0.2, 0) is 17.6 Å². The number of amides is 1. The highest BCUT2D eigenvalue weighted by Gasteiger charge is 2.34. The van der Waals surface area contributed by atoms with E-state index in [4.69, 9.17) is 5.11 Å². The molecule has 0 unspecified atom stereocenters. The monoisotopic (exact) mass is 203 g/mol. The Morgan fingerprint density at radius 2 is 2.07 bits per heavy atom. The van der Waals surface area contributed by atoms with E-state index in [-0.39, 0.29) is 5.91 Å². The maximum absolute atomic E-state index is 11.6. The minimum absolute atomic E-state index is 0.0892. The minimum Gasteiger partial charge on any atom is -0.478 e. The third-order valence-electron chi connectivity index (χ3n) is 3.03. The second-order valence-corrected chi connectivity index (χ2v) is 3.92. The molecule has 1 amide bonds. The molecule has 0 aliphatic carbocycles. The van der Waals surface area contributed by atoms with Gasteiger partial charge in [-0.1, -0.05) is 0 Å². The quantitative estimate of drug-likeness (QED) is 0.735. The number of carbonyl (C=O) groups excluding carboxylic acids is 1. The number of hydrogen-bond donors (Lipinski definition) is 1. The molecule has 15 heavy (non-hydrogen) atoms. The summed E-state index contributed by atoms with van der Waals surface area (Å²) < 4.78 is 0. The van der Waals surface area contributed by atoms with Crippen LogP contribution in [0.5, 0.6) is 0 Å². The Morgan fingerprint density at radius 1 is 1.33 bits per heavy atom. The van der Waals surface area contributed by atoms with Crippen molar-refractivity contribution in [1.29, 1.82) is 0 Å². The summed E-state index contributed by atoms with van der Waals surface area (Å²) in [5.74, 6) is -0.835. The van der Waals surface area contributed by atoms with Gasteiger partial charge in [0.05, 0.1) is 17.7 Å². The van der Waals surface area contributed by atoms with Gasteiger partial charge in [0.2, 0.25) is 5.91 Å². The highest BCUT2D eigenvalue weighted by Crippen LogP contribution is 2.38. The smallest absolute Gasteiger partial charge is 0.335 e. The first-order valence-electron chi connectivity index (χ1n) is 4.86. The van der Waals surface area contributed by atoms with Crippen molar-refractivity contribution in [2.75, 3.05) is 11.4 Å². The number of benzene rings is 1. The summed E-state index contributed by atoms with van der Waals surface area (Å²) in [6.07, 6.45) is 1.12. The number of nitrogens with zero attached hydrogens (tertiary/aromatic N) is 1. The molecule has 0 saturated carbocycles. The number of carboxylic acids is 1. The second kappa shape index (κ2) is 2.59. The Bertz CT molecular complexity index is 493. The summed E-state index contributed by atoms with van der Waals surface area (Å²) >= 11 is 0. The fraction of sp³-hybridized carbons (Fsp3) is 0.273. The SMILES string of the molecule is O=C(O)c1cc2c3c(c1)CC(=O)N3CC2. The lowest BCUT2D eigenvalue weighted by Gasteiger charge is -2.08. The average molecular weight is 203 g/mol. The van der Waals surface area contributed by atoms with Gasteiger partial charge in [-0.05, 0) is 29.7 Å². The number of rotatable bonds is 1. The van der Waals surface area contributed by atoms with E-state index in [9.17, 15) is 9.59 Å². The molecule has 1 aromatic carbocycles. The Balaban J connectivity index is 2.23. The van der Waals surface area contributed by atoms with Crippen LogP contribution < -0.4 is 4.90 Å². The van der Waals surface area contributed by atoms with Gasteiger partial charge in [-0.2, -0.15) is 0 Å². The van der Waals surface area contributed by atoms with Crippen molar-refractivity contribution >= 4 is 17.6 Å². The van der Waals surface area contributed by atoms with E-state index < -0.39 is 5.97 Å². The van der Waals surface area contributed by atoms with Gasteiger partial charge in [0.15, 0.2) is 0 Å². The lowest BCUT2D eigenvalue weighted by Crippen LogP contribution is -2.24. The summed E-state index contributed by atoms with van der Waals surface area (Å²) in [4.78, 5) is 24.2. The van der Waals surface area contributed by atoms with Crippen LogP contribution in [0.4, 0.5) is 5.69 Å². The molecule has 0 fully saturated rings. The first kappa shape index (κ1) is 8.47. The van der Waals surface area contributed by atoms with E-state index in [1.807, 2.05) is 0 Å². The molecule has 76 valence electrons. The van der Waals surface area contributed by atoms with Crippen LogP contribution in [0.15, 0.2) is 12.1 Å². The molecule has 0 spiro atoms. The van der Waals surface area contributed by atoms with Crippen LogP contribution >= 0.6 is 0 Å². The van der Waals surface area contributed by atoms with Crippen molar-refractivity contribution in [2.45, 2.75) is 12.8 Å². The molecule has 0 atom stereocenters. The summed E-state index contributed by atoms with van der Waals surface area (Å²) in [5, 5.41) is 8.92. The summed E-state index contributed by atoms with van der Waals surface area (Å²) in [5.41, 5.74) is 3.12. The zero-order valence-corrected chi connectivity index (χ0v) is 7.99. The van der Waals surface area contributed by atoms with Crippen molar-refractivity contribution in [1.82, 2.24) is 0 Å². The number of carboxylic acid groups (broad SMARTS) is 1. The number of aromatic carboxylic acids is 1. The van der Waals surface area contributed by atoms with Crippen molar-refractivity contribution in [3.05, 3.63) is 28.8 Å². The summed E-state index contributed by atoms with van der Waals surface area (Å²) in [7, 11) is 0. The van der Waals surface area contributed by atoms with Crippen molar-refractivity contribution in [2.24, 2.45) is 0 Å². The molecule has 0 radical (unpaired) electrons. The molecule has 0 saturated heterocycles. The molecule has 3 rings (SSSR count). The predicted molar refractivity (Wildman–Crippen MR) is 53.2 cm³/mol. The number of anilines is 1. The average Bonchev–Trinajstić information content (AvgIpc) is 2.73. The molecule has 2 aliphatic heterocycles. The van der Waals surface area contributed by atoms with Gasteiger partial charge in [0.25, 0.3) is 0 Å². The number of carbonyl (C=O) groups is 2. The largest absolute Gasteiger partial charge is 0.478 e. The number of hydrogen-bond acceptors (Lipinski definition) is 2. The predicted octanol–water partition coefficient (Wildman–Crippen LogP) is 0.830. The van der Waals surface area contributed by atoms with Crippen LogP contribution in [0.1, 0.15) is 21.5 Å². The van der Waals surface area contributed by atoms with Gasteiger partial charge in [-0.15, -0.1) is 0 Å². The van der Waals surface area contributed by atoms with Gasteiger partial charge in [0.1, 0.15) is 0 Å². The lowest BCUT2D eigenvalue weighted by molar-refractivity contribution is -0.117. The molecule has 0 bridgehead atoms. The maximum atomic E-state index is 11.6. The normalized spacial score (nSPS) is 17.1. The molecule has 2 heterocycles. The fourth-order valence-electron chi connectivity index (χ4n) is 2.41. The Hall–Kier alpha value is -1.84. The third kappa shape index (κ3) is 1.02. The zero-order chi connectivity index (χ0) is 10.6. The van der Waals surface area contributed by atoms with Crippen LogP contribution in [0.3, 0.4) is 0 Å². The van der Waals surface area contributed by atoms with Crippen LogP contribution in [-0.4, -0.2) is 23.5 Å². The van der Waals surface area contributed by atoms with E-state index in [1.54, 1.807) is 17.0 Å². The summed E-state index contributed by atoms with van der Waals surface area (Å²) in [6, 6.07) is 3.30. The van der Waals surface area contributed by atoms with E-state index >= 15 is 0 Å². The molecule has 1 N–H and O–H groups in total. The van der Waals surface area contributed by atoms with Crippen molar-refractivity contribution in [3.63, 3.8) is 0 Å². The molecule has 1 aromatic rings. The second-order valence-electron chi connectivity index (χ2n) is 3.92. The van der Waals surface area contributed by atoms with Crippen LogP contribution in [0.2, 0.25) is 0 Å². The molecular formula is C11H9NO3. The first-order chi connectivity index (χ1) is 7.16. The molecule has 4 nitrogen and oxygen atoms in total. The standard InChI is InChI=1S/C11H9NO3/c13-9-5-7-4-8(11(14)15)3-6-1-2-12(9)10(6)7/h3-4H,1-2,5H2,(H,14,15). The van der Waals surface area contributed by atoms with E-state index in [0.29, 0.717) is 18.5 Å². The fourth-order valence-corrected chi connectivity index (χ4v) is 2.41. The van der Waals surface area contributed by atoms with Gasteiger partial charge < -0.3 is 10.0 Å². The minimum atomic E-state index is -0.924. The lowest BCUT2D eigenvalue weighted by atomic mass is 10.0. The van der Waals surface area contributed by atoms with Crippen LogP contribution in [0.25, 0.3) is 0 Å². The molecule has 0 aromatic heterocycles. The highest BCUT2D eigenvalue weighted by atomic mass is 16.4. The Labute approximate surface area is 86.1 Å². The van der Waals surface area contributed by atoms with Gasteiger partial charge in [-0.3, -0.25) is 4.79 Å². The maximum Gasteiger partial charge on any atom is 0.335 e. The zero-order valence-electron chi connectivity index (χ0n) is 7.99. The van der Waals surface area contributed by atoms with Gasteiger partial charge in [-0.25, -0.2) is 4.79 Å². The molecular weight excluding hydrogens is 194 g/mol. The third-order valence-corrected chi connectivity index (χ3v) is 3.03. The topological polar surface area (TPSA) is 57.6 Å². The molecule has 4 heteroatoms. The van der Waals surface area contributed by atoms with Crippen molar-refractivity contribution in [3.8, 4) is 0 Å². The van der Waals surface area contributed by atoms with Crippen LogP contribution in [0, 0.1) is 0 Å². The van der Waals surface area contributed by atoms with Crippen molar-refractivity contribution < 1.29 is 14.7 Å². The first-order valence-corrected chi connectivity index (χ1v) is 4.86. The Morgan fingerprint density at radius 3 is 2.80 bits per heavy atom. The van der Waals surface area contributed by atoms with Gasteiger partial charge in [0, 0.05) is 6.54 Å². The summed E-state index contributed by atoms with van der Waals surface area (Å²) in [6.45, 7) is 0.699. The highest BCUT2D eigenvalue weighted by molar-refractivity contribution is 6.04. The van der Waals surface area contributed by atoms with Gasteiger partial charge >= 0.3 is 5.97 Å². The van der Waals surface area contributed by atoms with E-state index in [2.05, 4.69) is 0 Å². The van der Waals surface area contributed by atoms with E-state index in [0.717, 1.165) is 23.2 Å². The molecule has 2 aliphatic rings.